The first-order valence-corrected chi connectivity index (χ1v) is 5.91. The zero-order chi connectivity index (χ0) is 10.7. The third-order valence-electron chi connectivity index (χ3n) is 3.13. The van der Waals surface area contributed by atoms with Crippen LogP contribution in [0.4, 0.5) is 0 Å². The molecule has 0 N–H and O–H groups in total. The largest absolute Gasteiger partial charge is 0.378 e. The Labute approximate surface area is 91.4 Å². The van der Waals surface area contributed by atoms with Gasteiger partial charge in [-0.2, -0.15) is 5.10 Å². The van der Waals surface area contributed by atoms with Gasteiger partial charge in [-0.05, 0) is 37.7 Å². The number of hydrogen-bond acceptors (Lipinski definition) is 2. The lowest BCUT2D eigenvalue weighted by Crippen LogP contribution is -2.26. The quantitative estimate of drug-likeness (QED) is 0.762. The van der Waals surface area contributed by atoms with E-state index in [0.29, 0.717) is 6.10 Å². The molecule has 1 aliphatic rings. The number of aryl methyl sites for hydroxylation is 1. The van der Waals surface area contributed by atoms with E-state index in [9.17, 15) is 0 Å². The minimum atomic E-state index is 0.421. The highest BCUT2D eigenvalue weighted by Crippen LogP contribution is 2.21. The van der Waals surface area contributed by atoms with Crippen molar-refractivity contribution in [2.75, 3.05) is 6.61 Å². The van der Waals surface area contributed by atoms with Crippen molar-refractivity contribution in [2.45, 2.75) is 45.8 Å². The van der Waals surface area contributed by atoms with Crippen molar-refractivity contribution in [3.63, 3.8) is 0 Å². The molecular formula is C12H20N2O. The fourth-order valence-corrected chi connectivity index (χ4v) is 2.21. The molecule has 2 heterocycles. The molecule has 3 heteroatoms. The van der Waals surface area contributed by atoms with Gasteiger partial charge in [0, 0.05) is 19.3 Å². The Morgan fingerprint density at radius 1 is 1.60 bits per heavy atom. The number of ether oxygens (including phenoxy) is 1. The highest BCUT2D eigenvalue weighted by atomic mass is 16.5. The molecule has 1 fully saturated rings. The van der Waals surface area contributed by atoms with E-state index < -0.39 is 0 Å². The molecule has 2 atom stereocenters. The second-order valence-corrected chi connectivity index (χ2v) is 4.50. The third-order valence-corrected chi connectivity index (χ3v) is 3.13. The van der Waals surface area contributed by atoms with Crippen LogP contribution >= 0.6 is 0 Å². The van der Waals surface area contributed by atoms with Crippen LogP contribution in [0, 0.1) is 5.92 Å². The zero-order valence-corrected chi connectivity index (χ0v) is 9.65. The van der Waals surface area contributed by atoms with Crippen molar-refractivity contribution in [3.05, 3.63) is 18.0 Å². The van der Waals surface area contributed by atoms with Gasteiger partial charge in [0.1, 0.15) is 0 Å². The predicted octanol–water partition coefficient (Wildman–Crippen LogP) is 2.26. The third kappa shape index (κ3) is 2.81. The summed E-state index contributed by atoms with van der Waals surface area (Å²) in [5.41, 5.74) is 1.33. The summed E-state index contributed by atoms with van der Waals surface area (Å²) >= 11 is 0. The number of hydrogen-bond donors (Lipinski definition) is 0. The molecule has 84 valence electrons. The van der Waals surface area contributed by atoms with Crippen molar-refractivity contribution in [1.82, 2.24) is 9.78 Å². The summed E-state index contributed by atoms with van der Waals surface area (Å²) in [7, 11) is 0. The molecule has 1 aromatic rings. The van der Waals surface area contributed by atoms with Crippen molar-refractivity contribution in [2.24, 2.45) is 5.92 Å². The fourth-order valence-electron chi connectivity index (χ4n) is 2.21. The average molecular weight is 208 g/mol. The van der Waals surface area contributed by atoms with Crippen molar-refractivity contribution in [1.29, 1.82) is 0 Å². The van der Waals surface area contributed by atoms with E-state index in [2.05, 4.69) is 29.8 Å². The second kappa shape index (κ2) is 4.79. The van der Waals surface area contributed by atoms with E-state index >= 15 is 0 Å². The normalized spacial score (nSPS) is 26.8. The van der Waals surface area contributed by atoms with Crippen LogP contribution in [0.1, 0.15) is 32.3 Å². The van der Waals surface area contributed by atoms with Gasteiger partial charge in [-0.25, -0.2) is 0 Å². The van der Waals surface area contributed by atoms with E-state index in [1.54, 1.807) is 0 Å². The molecule has 15 heavy (non-hydrogen) atoms. The minimum absolute atomic E-state index is 0.421. The smallest absolute Gasteiger partial charge is 0.0550 e. The van der Waals surface area contributed by atoms with Gasteiger partial charge in [0.15, 0.2) is 0 Å². The van der Waals surface area contributed by atoms with Gasteiger partial charge in [-0.3, -0.25) is 4.68 Å². The molecule has 0 bridgehead atoms. The lowest BCUT2D eigenvalue weighted by Gasteiger charge is -2.27. The van der Waals surface area contributed by atoms with Crippen molar-refractivity contribution in [3.8, 4) is 0 Å². The summed E-state index contributed by atoms with van der Waals surface area (Å²) < 4.78 is 7.63. The van der Waals surface area contributed by atoms with E-state index in [0.717, 1.165) is 25.5 Å². The number of rotatable bonds is 3. The first kappa shape index (κ1) is 10.7. The SMILES string of the molecule is CCc1cnn(CC2CCOC(C)C2)c1. The molecule has 0 saturated carbocycles. The van der Waals surface area contributed by atoms with Gasteiger partial charge in [-0.15, -0.1) is 0 Å². The maximum atomic E-state index is 5.54. The molecule has 0 aliphatic carbocycles. The monoisotopic (exact) mass is 208 g/mol. The van der Waals surface area contributed by atoms with Crippen LogP contribution in [-0.4, -0.2) is 22.5 Å². The highest BCUT2D eigenvalue weighted by molar-refractivity contribution is 5.02. The molecule has 3 nitrogen and oxygen atoms in total. The summed E-state index contributed by atoms with van der Waals surface area (Å²) in [4.78, 5) is 0. The van der Waals surface area contributed by atoms with Gasteiger partial charge in [0.25, 0.3) is 0 Å². The Hall–Kier alpha value is -0.830. The maximum absolute atomic E-state index is 5.54. The summed E-state index contributed by atoms with van der Waals surface area (Å²) in [6.07, 6.45) is 7.98. The van der Waals surface area contributed by atoms with Crippen molar-refractivity contribution < 1.29 is 4.74 Å². The van der Waals surface area contributed by atoms with E-state index in [1.807, 2.05) is 6.20 Å². The van der Waals surface area contributed by atoms with Crippen molar-refractivity contribution >= 4 is 0 Å². The highest BCUT2D eigenvalue weighted by Gasteiger charge is 2.19. The molecule has 2 rings (SSSR count). The lowest BCUT2D eigenvalue weighted by atomic mass is 9.96. The Bertz CT molecular complexity index is 308. The molecule has 2 unspecified atom stereocenters. The topological polar surface area (TPSA) is 27.1 Å². The van der Waals surface area contributed by atoms with Gasteiger partial charge in [0.05, 0.1) is 12.3 Å². The van der Waals surface area contributed by atoms with Gasteiger partial charge >= 0.3 is 0 Å². The van der Waals surface area contributed by atoms with Crippen LogP contribution < -0.4 is 0 Å². The van der Waals surface area contributed by atoms with Crippen LogP contribution in [0.3, 0.4) is 0 Å². The molecule has 0 radical (unpaired) electrons. The molecule has 0 amide bonds. The van der Waals surface area contributed by atoms with Gasteiger partial charge < -0.3 is 4.74 Å². The number of nitrogens with zero attached hydrogens (tertiary/aromatic N) is 2. The fraction of sp³-hybridized carbons (Fsp3) is 0.750. The molecule has 1 saturated heterocycles. The van der Waals surface area contributed by atoms with Crippen LogP contribution in [-0.2, 0) is 17.7 Å². The Morgan fingerprint density at radius 2 is 2.47 bits per heavy atom. The second-order valence-electron chi connectivity index (χ2n) is 4.50. The van der Waals surface area contributed by atoms with E-state index in [-0.39, 0.29) is 0 Å². The summed E-state index contributed by atoms with van der Waals surface area (Å²) in [6.45, 7) is 6.28. The number of aromatic nitrogens is 2. The Morgan fingerprint density at radius 3 is 3.13 bits per heavy atom. The van der Waals surface area contributed by atoms with E-state index in [4.69, 9.17) is 4.74 Å². The van der Waals surface area contributed by atoms with Crippen LogP contribution in [0.2, 0.25) is 0 Å². The minimum Gasteiger partial charge on any atom is -0.378 e. The van der Waals surface area contributed by atoms with E-state index in [1.165, 1.54) is 18.4 Å². The lowest BCUT2D eigenvalue weighted by molar-refractivity contribution is -0.00177. The Kier molecular flexibility index (Phi) is 3.41. The summed E-state index contributed by atoms with van der Waals surface area (Å²) in [6, 6.07) is 0. The standard InChI is InChI=1S/C12H20N2O/c1-3-11-7-13-14(8-11)9-12-4-5-15-10(2)6-12/h7-8,10,12H,3-6,9H2,1-2H3. The van der Waals surface area contributed by atoms with Crippen LogP contribution in [0.25, 0.3) is 0 Å². The Balaban J connectivity index is 1.90. The molecule has 0 aromatic carbocycles. The molecule has 1 aliphatic heterocycles. The van der Waals surface area contributed by atoms with Gasteiger partial charge in [-0.1, -0.05) is 6.92 Å². The maximum Gasteiger partial charge on any atom is 0.0550 e. The van der Waals surface area contributed by atoms with Crippen LogP contribution in [0.5, 0.6) is 0 Å². The summed E-state index contributed by atoms with van der Waals surface area (Å²) in [5, 5.41) is 4.38. The van der Waals surface area contributed by atoms with Gasteiger partial charge in [0.2, 0.25) is 0 Å². The zero-order valence-electron chi connectivity index (χ0n) is 9.65. The molecule has 0 spiro atoms. The average Bonchev–Trinajstić information content (AvgIpc) is 2.65. The molecular weight excluding hydrogens is 188 g/mol. The predicted molar refractivity (Wildman–Crippen MR) is 59.7 cm³/mol. The van der Waals surface area contributed by atoms with Crippen LogP contribution in [0.15, 0.2) is 12.4 Å². The molecule has 1 aromatic heterocycles. The first-order valence-electron chi connectivity index (χ1n) is 5.91. The first-order chi connectivity index (χ1) is 7.28. The summed E-state index contributed by atoms with van der Waals surface area (Å²) in [5.74, 6) is 0.735.